The lowest BCUT2D eigenvalue weighted by molar-refractivity contribution is 0.482. The fraction of sp³-hybridized carbons (Fsp3) is 0.0526. The number of hydrogen-bond donors (Lipinski definition) is 0. The Morgan fingerprint density at radius 2 is 0.954 bits per heavy atom. The first-order valence-electron chi connectivity index (χ1n) is 22.0. The smallest absolute Gasteiger partial charge is 0.137 e. The highest BCUT2D eigenvalue weighted by atomic mass is 16.5. The highest BCUT2D eigenvalue weighted by Gasteiger charge is 2.24. The van der Waals surface area contributed by atoms with E-state index in [1.165, 1.54) is 21.5 Å². The number of pyridine rings is 1. The van der Waals surface area contributed by atoms with Gasteiger partial charge in [0.2, 0.25) is 0 Å². The van der Waals surface area contributed by atoms with Gasteiger partial charge in [0, 0.05) is 68.8 Å². The maximum atomic E-state index is 6.59. The number of benzene rings is 8. The van der Waals surface area contributed by atoms with Gasteiger partial charge in [-0.05, 0) is 85.3 Å². The summed E-state index contributed by atoms with van der Waals surface area (Å²) in [5.41, 5.74) is 13.1. The van der Waals surface area contributed by atoms with Crippen molar-refractivity contribution in [3.63, 3.8) is 0 Å². The molecule has 8 aromatic carbocycles. The second-order valence-corrected chi connectivity index (χ2v) is 16.9. The molecule has 0 spiro atoms. The molecule has 0 N–H and O–H groups in total. The standard InChI is InChI=1S/C57H41N7O/c1-37-31-56(64-52-26-12-7-21-45(52)46-30-29-40(33-55(46)64)65-39-16-13-15-38(32-39)61-36-60(2)35-59-61)58-34-47(37)57-53(62-48-22-8-3-17-41(48)42-18-4-9-23-49(42)62)27-14-28-54(57)63-50-24-10-5-19-43(50)44-20-6-11-25-51(44)63/h3-35H,36H2,1-2H3. The minimum Gasteiger partial charge on any atom is -0.457 e. The van der Waals surface area contributed by atoms with Crippen LogP contribution in [0.25, 0.3) is 93.7 Å². The number of ether oxygens (including phenoxy) is 1. The Morgan fingerprint density at radius 3 is 1.48 bits per heavy atom. The monoisotopic (exact) mass is 839 g/mol. The lowest BCUT2D eigenvalue weighted by atomic mass is 9.98. The van der Waals surface area contributed by atoms with Crippen LogP contribution < -0.4 is 9.75 Å². The van der Waals surface area contributed by atoms with Crippen LogP contribution in [0.15, 0.2) is 199 Å². The first-order chi connectivity index (χ1) is 32.1. The van der Waals surface area contributed by atoms with Crippen LogP contribution in [0.1, 0.15) is 5.56 Å². The molecule has 310 valence electrons. The summed E-state index contributed by atoms with van der Waals surface area (Å²) in [6.07, 6.45) is 3.91. The summed E-state index contributed by atoms with van der Waals surface area (Å²) in [5.74, 6) is 2.32. The molecule has 0 saturated carbocycles. The van der Waals surface area contributed by atoms with Gasteiger partial charge < -0.3 is 18.8 Å². The van der Waals surface area contributed by atoms with Gasteiger partial charge in [0.1, 0.15) is 30.3 Å². The maximum Gasteiger partial charge on any atom is 0.137 e. The highest BCUT2D eigenvalue weighted by molar-refractivity contribution is 6.12. The second kappa shape index (κ2) is 14.5. The number of nitrogens with zero attached hydrogens (tertiary/aromatic N) is 7. The van der Waals surface area contributed by atoms with Crippen LogP contribution in [-0.2, 0) is 0 Å². The average molecular weight is 840 g/mol. The van der Waals surface area contributed by atoms with Crippen LogP contribution in [0, 0.1) is 6.92 Å². The number of para-hydroxylation sites is 5. The third-order valence-corrected chi connectivity index (χ3v) is 13.0. The van der Waals surface area contributed by atoms with Crippen molar-refractivity contribution in [3.05, 3.63) is 200 Å². The van der Waals surface area contributed by atoms with Crippen molar-refractivity contribution < 1.29 is 4.74 Å². The summed E-state index contributed by atoms with van der Waals surface area (Å²) >= 11 is 0. The van der Waals surface area contributed by atoms with Crippen LogP contribution in [0.2, 0.25) is 0 Å². The topological polar surface area (TPSA) is 55.8 Å². The zero-order valence-corrected chi connectivity index (χ0v) is 35.8. The zero-order chi connectivity index (χ0) is 43.2. The van der Waals surface area contributed by atoms with Crippen LogP contribution in [0.3, 0.4) is 0 Å². The Hall–Kier alpha value is -8.62. The average Bonchev–Trinajstić information content (AvgIpc) is 4.11. The van der Waals surface area contributed by atoms with E-state index < -0.39 is 0 Å². The van der Waals surface area contributed by atoms with E-state index in [4.69, 9.17) is 9.72 Å². The van der Waals surface area contributed by atoms with Gasteiger partial charge >= 0.3 is 0 Å². The molecule has 4 aromatic heterocycles. The Bertz CT molecular complexity index is 3670. The molecular weight excluding hydrogens is 799 g/mol. The molecule has 0 atom stereocenters. The van der Waals surface area contributed by atoms with Crippen molar-refractivity contribution in [1.82, 2.24) is 23.6 Å². The van der Waals surface area contributed by atoms with Crippen molar-refractivity contribution in [1.29, 1.82) is 0 Å². The number of rotatable bonds is 7. The van der Waals surface area contributed by atoms with E-state index in [1.54, 1.807) is 0 Å². The third kappa shape index (κ3) is 5.77. The fourth-order valence-electron chi connectivity index (χ4n) is 10.2. The Kier molecular flexibility index (Phi) is 8.23. The predicted molar refractivity (Wildman–Crippen MR) is 268 cm³/mol. The van der Waals surface area contributed by atoms with Gasteiger partial charge in [-0.1, -0.05) is 103 Å². The van der Waals surface area contributed by atoms with Crippen molar-refractivity contribution in [2.75, 3.05) is 18.7 Å². The van der Waals surface area contributed by atoms with E-state index in [1.807, 2.05) is 41.5 Å². The molecule has 12 aromatic rings. The number of anilines is 1. The lowest BCUT2D eigenvalue weighted by Gasteiger charge is -2.21. The molecule has 0 aliphatic carbocycles. The summed E-state index contributed by atoms with van der Waals surface area (Å²) in [5, 5.41) is 13.6. The van der Waals surface area contributed by atoms with Gasteiger partial charge in [0.05, 0.1) is 50.2 Å². The minimum atomic E-state index is 0.688. The summed E-state index contributed by atoms with van der Waals surface area (Å²) in [4.78, 5) is 7.45. The van der Waals surface area contributed by atoms with Gasteiger partial charge in [-0.2, -0.15) is 5.10 Å². The number of hydrazone groups is 1. The highest BCUT2D eigenvalue weighted by Crippen LogP contribution is 2.44. The van der Waals surface area contributed by atoms with E-state index in [2.05, 4.69) is 202 Å². The summed E-state index contributed by atoms with van der Waals surface area (Å²) in [6, 6.07) is 66.9. The van der Waals surface area contributed by atoms with E-state index in [-0.39, 0.29) is 0 Å². The molecule has 0 unspecified atom stereocenters. The molecule has 13 rings (SSSR count). The first-order valence-corrected chi connectivity index (χ1v) is 22.0. The van der Waals surface area contributed by atoms with E-state index in [0.717, 1.165) is 94.9 Å². The Labute approximate surface area is 374 Å². The molecule has 1 aliphatic rings. The van der Waals surface area contributed by atoms with Crippen molar-refractivity contribution in [2.45, 2.75) is 6.92 Å². The molecule has 0 saturated heterocycles. The second-order valence-electron chi connectivity index (χ2n) is 16.9. The quantitative estimate of drug-likeness (QED) is 0.160. The van der Waals surface area contributed by atoms with Gasteiger partial charge in [0.15, 0.2) is 0 Å². The number of hydrogen-bond acceptors (Lipinski definition) is 5. The Morgan fingerprint density at radius 1 is 0.462 bits per heavy atom. The number of fused-ring (bicyclic) bond motifs is 9. The van der Waals surface area contributed by atoms with Gasteiger partial charge in [-0.25, -0.2) is 9.99 Å². The number of aromatic nitrogens is 4. The summed E-state index contributed by atoms with van der Waals surface area (Å²) < 4.78 is 13.7. The van der Waals surface area contributed by atoms with E-state index in [9.17, 15) is 0 Å². The van der Waals surface area contributed by atoms with Gasteiger partial charge in [-0.3, -0.25) is 4.57 Å². The van der Waals surface area contributed by atoms with Crippen molar-refractivity contribution >= 4 is 77.4 Å². The molecule has 1 aliphatic heterocycles. The SMILES string of the molecule is Cc1cc(-n2c3ccccc3c3ccc(Oc4cccc(N5CN(C)C=N5)c4)cc32)ncc1-c1c(-n2c3ccccc3c3ccccc32)cccc1-n1c2ccccc2c2ccccc21. The molecule has 0 amide bonds. The van der Waals surface area contributed by atoms with Gasteiger partial charge in [0.25, 0.3) is 0 Å². The van der Waals surface area contributed by atoms with Crippen LogP contribution in [0.5, 0.6) is 11.5 Å². The zero-order valence-electron chi connectivity index (χ0n) is 35.8. The normalized spacial score (nSPS) is 12.9. The molecular formula is C57H41N7O. The lowest BCUT2D eigenvalue weighted by Crippen LogP contribution is -2.22. The van der Waals surface area contributed by atoms with Crippen molar-refractivity contribution in [2.24, 2.45) is 5.10 Å². The predicted octanol–water partition coefficient (Wildman–Crippen LogP) is 13.8. The maximum absolute atomic E-state index is 6.59. The molecule has 8 heteroatoms. The molecule has 8 nitrogen and oxygen atoms in total. The van der Waals surface area contributed by atoms with Crippen molar-refractivity contribution in [3.8, 4) is 39.8 Å². The molecule has 0 bridgehead atoms. The fourth-order valence-corrected chi connectivity index (χ4v) is 10.2. The van der Waals surface area contributed by atoms with Crippen LogP contribution in [0.4, 0.5) is 5.69 Å². The summed E-state index contributed by atoms with van der Waals surface area (Å²) in [6.45, 7) is 2.91. The molecule has 5 heterocycles. The third-order valence-electron chi connectivity index (χ3n) is 13.0. The first kappa shape index (κ1) is 37.0. The van der Waals surface area contributed by atoms with Crippen LogP contribution in [-0.4, -0.2) is 43.6 Å². The Balaban J connectivity index is 1.02. The number of aryl methyl sites for hydroxylation is 1. The minimum absolute atomic E-state index is 0.688. The van der Waals surface area contributed by atoms with Crippen LogP contribution >= 0.6 is 0 Å². The van der Waals surface area contributed by atoms with Gasteiger partial charge in [-0.15, -0.1) is 0 Å². The molecule has 0 radical (unpaired) electrons. The molecule has 0 fully saturated rings. The van der Waals surface area contributed by atoms with E-state index >= 15 is 0 Å². The molecule has 65 heavy (non-hydrogen) atoms. The van der Waals surface area contributed by atoms with E-state index in [0.29, 0.717) is 6.67 Å². The summed E-state index contributed by atoms with van der Waals surface area (Å²) in [7, 11) is 2.01. The largest absolute Gasteiger partial charge is 0.457 e.